The van der Waals surface area contributed by atoms with Crippen molar-refractivity contribution in [3.8, 4) is 0 Å². The van der Waals surface area contributed by atoms with Gasteiger partial charge in [-0.2, -0.15) is 0 Å². The topological polar surface area (TPSA) is 24.9 Å². The molecular formula is C11H18N2S. The molecule has 2 rings (SSSR count). The second-order valence-electron chi connectivity index (χ2n) is 4.34. The summed E-state index contributed by atoms with van der Waals surface area (Å²) in [5.41, 5.74) is 0. The van der Waals surface area contributed by atoms with Gasteiger partial charge in [0.1, 0.15) is 0 Å². The highest BCUT2D eigenvalue weighted by Gasteiger charge is 2.20. The van der Waals surface area contributed by atoms with Gasteiger partial charge >= 0.3 is 0 Å². The standard InChI is InChI=1S/C11H18N2S/c1-8(6-13-10-3-4-10)5-11-7-12-9(2)14-11/h7-8,10,13H,3-6H2,1-2H3. The fourth-order valence-electron chi connectivity index (χ4n) is 1.57. The monoisotopic (exact) mass is 210 g/mol. The van der Waals surface area contributed by atoms with E-state index in [-0.39, 0.29) is 0 Å². The Hall–Kier alpha value is -0.410. The van der Waals surface area contributed by atoms with Crippen molar-refractivity contribution in [2.24, 2.45) is 5.92 Å². The molecule has 0 radical (unpaired) electrons. The molecule has 1 N–H and O–H groups in total. The Morgan fingerprint density at radius 2 is 2.43 bits per heavy atom. The predicted molar refractivity (Wildman–Crippen MR) is 60.7 cm³/mol. The van der Waals surface area contributed by atoms with Crippen LogP contribution in [0.4, 0.5) is 0 Å². The Morgan fingerprint density at radius 1 is 1.64 bits per heavy atom. The first-order valence-corrected chi connectivity index (χ1v) is 6.20. The predicted octanol–water partition coefficient (Wildman–Crippen LogP) is 2.38. The van der Waals surface area contributed by atoms with Crippen LogP contribution in [0.5, 0.6) is 0 Å². The summed E-state index contributed by atoms with van der Waals surface area (Å²) in [7, 11) is 0. The van der Waals surface area contributed by atoms with E-state index in [9.17, 15) is 0 Å². The summed E-state index contributed by atoms with van der Waals surface area (Å²) in [5.74, 6) is 0.732. The molecule has 0 aromatic carbocycles. The average molecular weight is 210 g/mol. The van der Waals surface area contributed by atoms with Crippen molar-refractivity contribution in [1.82, 2.24) is 10.3 Å². The van der Waals surface area contributed by atoms with Crippen molar-refractivity contribution < 1.29 is 0 Å². The molecule has 0 saturated heterocycles. The second-order valence-corrected chi connectivity index (χ2v) is 5.66. The molecule has 1 aromatic heterocycles. The summed E-state index contributed by atoms with van der Waals surface area (Å²) < 4.78 is 0. The summed E-state index contributed by atoms with van der Waals surface area (Å²) in [6.45, 7) is 5.54. The van der Waals surface area contributed by atoms with E-state index >= 15 is 0 Å². The number of hydrogen-bond donors (Lipinski definition) is 1. The van der Waals surface area contributed by atoms with Gasteiger partial charge in [0.15, 0.2) is 0 Å². The molecule has 0 bridgehead atoms. The van der Waals surface area contributed by atoms with E-state index in [1.165, 1.54) is 29.1 Å². The lowest BCUT2D eigenvalue weighted by Gasteiger charge is -2.10. The van der Waals surface area contributed by atoms with Gasteiger partial charge in [-0.05, 0) is 38.6 Å². The van der Waals surface area contributed by atoms with E-state index in [1.807, 2.05) is 17.5 Å². The lowest BCUT2D eigenvalue weighted by Crippen LogP contribution is -2.24. The van der Waals surface area contributed by atoms with Crippen molar-refractivity contribution in [2.45, 2.75) is 39.2 Å². The molecule has 1 atom stereocenters. The Morgan fingerprint density at radius 3 is 3.00 bits per heavy atom. The van der Waals surface area contributed by atoms with E-state index in [0.717, 1.165) is 18.5 Å². The van der Waals surface area contributed by atoms with E-state index < -0.39 is 0 Å². The molecule has 14 heavy (non-hydrogen) atoms. The number of nitrogens with zero attached hydrogens (tertiary/aromatic N) is 1. The Balaban J connectivity index is 1.72. The maximum atomic E-state index is 4.28. The third-order valence-electron chi connectivity index (χ3n) is 2.55. The molecule has 2 nitrogen and oxygen atoms in total. The highest BCUT2D eigenvalue weighted by molar-refractivity contribution is 7.11. The van der Waals surface area contributed by atoms with Crippen LogP contribution in [0.25, 0.3) is 0 Å². The number of aryl methyl sites for hydroxylation is 1. The number of aromatic nitrogens is 1. The first kappa shape index (κ1) is 10.1. The number of nitrogens with one attached hydrogen (secondary N) is 1. The highest BCUT2D eigenvalue weighted by atomic mass is 32.1. The lowest BCUT2D eigenvalue weighted by atomic mass is 10.1. The van der Waals surface area contributed by atoms with Crippen molar-refractivity contribution in [3.63, 3.8) is 0 Å². The van der Waals surface area contributed by atoms with E-state index in [1.54, 1.807) is 0 Å². The zero-order valence-electron chi connectivity index (χ0n) is 8.92. The summed E-state index contributed by atoms with van der Waals surface area (Å²) >= 11 is 1.83. The molecule has 1 aliphatic carbocycles. The van der Waals surface area contributed by atoms with Gasteiger partial charge in [0.2, 0.25) is 0 Å². The zero-order valence-corrected chi connectivity index (χ0v) is 9.73. The van der Waals surface area contributed by atoms with Crippen LogP contribution in [0.3, 0.4) is 0 Å². The summed E-state index contributed by atoms with van der Waals surface area (Å²) in [4.78, 5) is 5.70. The van der Waals surface area contributed by atoms with Crippen LogP contribution in [0.15, 0.2) is 6.20 Å². The molecule has 1 aromatic rings. The Bertz CT molecular complexity index is 291. The van der Waals surface area contributed by atoms with Gasteiger partial charge in [0.05, 0.1) is 5.01 Å². The summed E-state index contributed by atoms with van der Waals surface area (Å²) in [6.07, 6.45) is 5.96. The Kier molecular flexibility index (Phi) is 3.19. The fraction of sp³-hybridized carbons (Fsp3) is 0.727. The maximum Gasteiger partial charge on any atom is 0.0896 e. The van der Waals surface area contributed by atoms with Crippen molar-refractivity contribution in [1.29, 1.82) is 0 Å². The van der Waals surface area contributed by atoms with Gasteiger partial charge in [0, 0.05) is 17.1 Å². The van der Waals surface area contributed by atoms with Crippen molar-refractivity contribution in [3.05, 3.63) is 16.1 Å². The van der Waals surface area contributed by atoms with Crippen LogP contribution in [0.2, 0.25) is 0 Å². The number of hydrogen-bond acceptors (Lipinski definition) is 3. The Labute approximate surface area is 89.8 Å². The molecule has 1 fully saturated rings. The number of rotatable bonds is 5. The molecule has 0 spiro atoms. The van der Waals surface area contributed by atoms with Crippen molar-refractivity contribution in [2.75, 3.05) is 6.54 Å². The summed E-state index contributed by atoms with van der Waals surface area (Å²) in [5, 5.41) is 4.75. The minimum atomic E-state index is 0.732. The lowest BCUT2D eigenvalue weighted by molar-refractivity contribution is 0.512. The van der Waals surface area contributed by atoms with E-state index in [0.29, 0.717) is 0 Å². The van der Waals surface area contributed by atoms with Gasteiger partial charge in [0.25, 0.3) is 0 Å². The largest absolute Gasteiger partial charge is 0.314 e. The molecule has 1 saturated carbocycles. The first-order valence-electron chi connectivity index (χ1n) is 5.38. The third kappa shape index (κ3) is 3.07. The van der Waals surface area contributed by atoms with Crippen LogP contribution >= 0.6 is 11.3 Å². The second kappa shape index (κ2) is 4.41. The van der Waals surface area contributed by atoms with Crippen LogP contribution < -0.4 is 5.32 Å². The minimum Gasteiger partial charge on any atom is -0.314 e. The third-order valence-corrected chi connectivity index (χ3v) is 3.49. The van der Waals surface area contributed by atoms with Crippen LogP contribution in [0.1, 0.15) is 29.7 Å². The normalized spacial score (nSPS) is 18.4. The van der Waals surface area contributed by atoms with Gasteiger partial charge in [-0.3, -0.25) is 0 Å². The van der Waals surface area contributed by atoms with E-state index in [2.05, 4.69) is 24.1 Å². The molecule has 78 valence electrons. The van der Waals surface area contributed by atoms with Gasteiger partial charge in [-0.15, -0.1) is 11.3 Å². The van der Waals surface area contributed by atoms with Crippen LogP contribution in [-0.4, -0.2) is 17.6 Å². The molecular weight excluding hydrogens is 192 g/mol. The maximum absolute atomic E-state index is 4.28. The molecule has 3 heteroatoms. The molecule has 0 amide bonds. The van der Waals surface area contributed by atoms with Crippen LogP contribution in [-0.2, 0) is 6.42 Å². The number of thiazole rings is 1. The van der Waals surface area contributed by atoms with Gasteiger partial charge in [-0.1, -0.05) is 6.92 Å². The molecule has 1 aliphatic rings. The van der Waals surface area contributed by atoms with E-state index in [4.69, 9.17) is 0 Å². The zero-order chi connectivity index (χ0) is 9.97. The van der Waals surface area contributed by atoms with Gasteiger partial charge in [-0.25, -0.2) is 4.98 Å². The quantitative estimate of drug-likeness (QED) is 0.807. The van der Waals surface area contributed by atoms with Crippen molar-refractivity contribution >= 4 is 11.3 Å². The average Bonchev–Trinajstić information content (AvgIpc) is 2.88. The smallest absolute Gasteiger partial charge is 0.0896 e. The molecule has 1 heterocycles. The SMILES string of the molecule is Cc1ncc(CC(C)CNC2CC2)s1. The first-order chi connectivity index (χ1) is 6.74. The van der Waals surface area contributed by atoms with Crippen LogP contribution in [0, 0.1) is 12.8 Å². The fourth-order valence-corrected chi connectivity index (χ4v) is 2.53. The molecule has 1 unspecified atom stereocenters. The van der Waals surface area contributed by atoms with Gasteiger partial charge < -0.3 is 5.32 Å². The highest BCUT2D eigenvalue weighted by Crippen LogP contribution is 2.20. The minimum absolute atomic E-state index is 0.732. The summed E-state index contributed by atoms with van der Waals surface area (Å²) in [6, 6.07) is 0.834. The molecule has 0 aliphatic heterocycles.